The number of carbonyl (C=O) groups is 2. The molecule has 1 aromatic carbocycles. The Morgan fingerprint density at radius 1 is 1.08 bits per heavy atom. The molecule has 26 heavy (non-hydrogen) atoms. The molecule has 1 heterocycles. The topological polar surface area (TPSA) is 52.7 Å². The summed E-state index contributed by atoms with van der Waals surface area (Å²) in [7, 11) is 0. The summed E-state index contributed by atoms with van der Waals surface area (Å²) in [6.45, 7) is 10.1. The number of amides is 2. The molecule has 0 bridgehead atoms. The van der Waals surface area contributed by atoms with Crippen LogP contribution in [0.5, 0.6) is 0 Å². The van der Waals surface area contributed by atoms with Gasteiger partial charge in [0.25, 0.3) is 5.91 Å². The lowest BCUT2D eigenvalue weighted by molar-refractivity contribution is -0.128. The first-order valence-electron chi connectivity index (χ1n) is 9.28. The van der Waals surface area contributed by atoms with Gasteiger partial charge in [-0.15, -0.1) is 13.2 Å². The fourth-order valence-corrected chi connectivity index (χ4v) is 3.10. The van der Waals surface area contributed by atoms with E-state index in [1.807, 2.05) is 29.2 Å². The number of carbonyl (C=O) groups excluding carboxylic acids is 2. The maximum atomic E-state index is 12.7. The van der Waals surface area contributed by atoms with Crippen molar-refractivity contribution in [3.05, 3.63) is 55.1 Å². The Hall–Kier alpha value is -2.56. The molecule has 0 radical (unpaired) electrons. The number of rotatable bonds is 8. The van der Waals surface area contributed by atoms with E-state index in [0.29, 0.717) is 18.7 Å². The molecule has 0 saturated carbocycles. The van der Waals surface area contributed by atoms with Gasteiger partial charge >= 0.3 is 0 Å². The highest BCUT2D eigenvalue weighted by Gasteiger charge is 2.17. The average molecular weight is 355 g/mol. The zero-order valence-corrected chi connectivity index (χ0v) is 15.5. The van der Waals surface area contributed by atoms with Gasteiger partial charge in [0.2, 0.25) is 5.91 Å². The molecule has 0 atom stereocenters. The van der Waals surface area contributed by atoms with Crippen molar-refractivity contribution >= 4 is 17.5 Å². The van der Waals surface area contributed by atoms with Gasteiger partial charge in [0.1, 0.15) is 0 Å². The van der Waals surface area contributed by atoms with Crippen molar-refractivity contribution in [2.75, 3.05) is 38.0 Å². The minimum atomic E-state index is -0.0333. The number of likely N-dealkylation sites (tertiary alicyclic amines) is 1. The van der Waals surface area contributed by atoms with Crippen molar-refractivity contribution in [2.24, 2.45) is 0 Å². The first-order valence-corrected chi connectivity index (χ1v) is 9.28. The van der Waals surface area contributed by atoms with Gasteiger partial charge in [-0.3, -0.25) is 9.59 Å². The van der Waals surface area contributed by atoms with Gasteiger partial charge in [-0.25, -0.2) is 0 Å². The van der Waals surface area contributed by atoms with Crippen LogP contribution < -0.4 is 5.32 Å². The Labute approximate surface area is 156 Å². The predicted octanol–water partition coefficient (Wildman–Crippen LogP) is 3.32. The van der Waals surface area contributed by atoms with E-state index in [1.165, 1.54) is 12.8 Å². The standard InChI is InChI=1S/C21H29N3O2/c1-3-12-23(13-4-2)20(25)17-22-19-11-9-10-18(16-19)21(26)24-14-7-5-6-8-15-24/h3-4,9-11,16,22H,1-2,5-8,12-15,17H2. The normalized spacial score (nSPS) is 14.2. The van der Waals surface area contributed by atoms with Crippen LogP contribution in [0.1, 0.15) is 36.0 Å². The second-order valence-corrected chi connectivity index (χ2v) is 6.52. The number of nitrogens with zero attached hydrogens (tertiary/aromatic N) is 2. The summed E-state index contributed by atoms with van der Waals surface area (Å²) in [6, 6.07) is 7.38. The number of hydrogen-bond donors (Lipinski definition) is 1. The predicted molar refractivity (Wildman–Crippen MR) is 106 cm³/mol. The first-order chi connectivity index (χ1) is 12.7. The molecule has 1 saturated heterocycles. The summed E-state index contributed by atoms with van der Waals surface area (Å²) in [5.74, 6) is 0.0378. The van der Waals surface area contributed by atoms with Crippen LogP contribution >= 0.6 is 0 Å². The summed E-state index contributed by atoms with van der Waals surface area (Å²) >= 11 is 0. The van der Waals surface area contributed by atoms with Crippen molar-refractivity contribution < 1.29 is 9.59 Å². The molecular weight excluding hydrogens is 326 g/mol. The summed E-state index contributed by atoms with van der Waals surface area (Å²) < 4.78 is 0. The molecule has 0 aromatic heterocycles. The SMILES string of the molecule is C=CCN(CC=C)C(=O)CNc1cccc(C(=O)N2CCCCCC2)c1. The first kappa shape index (κ1) is 19.8. The van der Waals surface area contributed by atoms with E-state index in [2.05, 4.69) is 18.5 Å². The lowest BCUT2D eigenvalue weighted by atomic mass is 10.1. The molecule has 5 nitrogen and oxygen atoms in total. The number of anilines is 1. The van der Waals surface area contributed by atoms with Crippen molar-refractivity contribution in [1.29, 1.82) is 0 Å². The summed E-state index contributed by atoms with van der Waals surface area (Å²) in [6.07, 6.45) is 7.92. The van der Waals surface area contributed by atoms with Gasteiger partial charge in [0.15, 0.2) is 0 Å². The third kappa shape index (κ3) is 5.76. The van der Waals surface area contributed by atoms with Crippen LogP contribution in [0.2, 0.25) is 0 Å². The highest BCUT2D eigenvalue weighted by Crippen LogP contribution is 2.16. The van der Waals surface area contributed by atoms with E-state index in [1.54, 1.807) is 17.1 Å². The third-order valence-corrected chi connectivity index (χ3v) is 4.50. The van der Waals surface area contributed by atoms with Crippen LogP contribution in [-0.2, 0) is 4.79 Å². The summed E-state index contributed by atoms with van der Waals surface area (Å²) in [5, 5.41) is 3.12. The number of nitrogens with one attached hydrogen (secondary N) is 1. The fourth-order valence-electron chi connectivity index (χ4n) is 3.10. The van der Waals surface area contributed by atoms with Gasteiger partial charge in [-0.05, 0) is 31.0 Å². The maximum Gasteiger partial charge on any atom is 0.253 e. The van der Waals surface area contributed by atoms with Gasteiger partial charge in [0, 0.05) is 37.4 Å². The Balaban J connectivity index is 1.97. The lowest BCUT2D eigenvalue weighted by Crippen LogP contribution is -2.35. The Kier molecular flexibility index (Phi) is 7.93. The second-order valence-electron chi connectivity index (χ2n) is 6.52. The maximum absolute atomic E-state index is 12.7. The molecule has 1 N–H and O–H groups in total. The van der Waals surface area contributed by atoms with E-state index >= 15 is 0 Å². The van der Waals surface area contributed by atoms with E-state index < -0.39 is 0 Å². The molecule has 5 heteroatoms. The summed E-state index contributed by atoms with van der Waals surface area (Å²) in [5.41, 5.74) is 1.44. The second kappa shape index (κ2) is 10.4. The van der Waals surface area contributed by atoms with E-state index in [0.717, 1.165) is 31.6 Å². The molecule has 0 unspecified atom stereocenters. The minimum Gasteiger partial charge on any atom is -0.376 e. The smallest absolute Gasteiger partial charge is 0.253 e. The monoisotopic (exact) mass is 355 g/mol. The Morgan fingerprint density at radius 2 is 1.73 bits per heavy atom. The zero-order valence-electron chi connectivity index (χ0n) is 15.5. The number of benzene rings is 1. The molecule has 1 aromatic rings. The van der Waals surface area contributed by atoms with Gasteiger partial charge in [-0.2, -0.15) is 0 Å². The van der Waals surface area contributed by atoms with Crippen LogP contribution in [0.15, 0.2) is 49.6 Å². The molecule has 0 aliphatic carbocycles. The van der Waals surface area contributed by atoms with Crippen molar-refractivity contribution in [3.8, 4) is 0 Å². The largest absolute Gasteiger partial charge is 0.376 e. The van der Waals surface area contributed by atoms with Crippen molar-refractivity contribution in [2.45, 2.75) is 25.7 Å². The van der Waals surface area contributed by atoms with E-state index in [4.69, 9.17) is 0 Å². The van der Waals surface area contributed by atoms with Gasteiger partial charge in [0.05, 0.1) is 6.54 Å². The fraction of sp³-hybridized carbons (Fsp3) is 0.429. The Bertz CT molecular complexity index is 624. The van der Waals surface area contributed by atoms with Crippen molar-refractivity contribution in [3.63, 3.8) is 0 Å². The van der Waals surface area contributed by atoms with Crippen LogP contribution in [-0.4, -0.2) is 54.3 Å². The van der Waals surface area contributed by atoms with Crippen molar-refractivity contribution in [1.82, 2.24) is 9.80 Å². The number of hydrogen-bond acceptors (Lipinski definition) is 3. The molecule has 2 rings (SSSR count). The molecule has 1 aliphatic heterocycles. The Morgan fingerprint density at radius 3 is 2.35 bits per heavy atom. The molecule has 1 fully saturated rings. The molecule has 2 amide bonds. The molecular formula is C21H29N3O2. The quantitative estimate of drug-likeness (QED) is 0.728. The molecule has 140 valence electrons. The van der Waals surface area contributed by atoms with E-state index in [-0.39, 0.29) is 18.4 Å². The van der Waals surface area contributed by atoms with Crippen LogP contribution in [0.4, 0.5) is 5.69 Å². The van der Waals surface area contributed by atoms with Crippen LogP contribution in [0, 0.1) is 0 Å². The summed E-state index contributed by atoms with van der Waals surface area (Å²) in [4.78, 5) is 28.6. The van der Waals surface area contributed by atoms with Crippen LogP contribution in [0.25, 0.3) is 0 Å². The zero-order chi connectivity index (χ0) is 18.8. The highest BCUT2D eigenvalue weighted by atomic mass is 16.2. The molecule has 0 spiro atoms. The minimum absolute atomic E-state index is 0.0333. The lowest BCUT2D eigenvalue weighted by Gasteiger charge is -2.21. The van der Waals surface area contributed by atoms with Gasteiger partial charge < -0.3 is 15.1 Å². The molecule has 1 aliphatic rings. The average Bonchev–Trinajstić information content (AvgIpc) is 2.95. The van der Waals surface area contributed by atoms with Gasteiger partial charge in [-0.1, -0.05) is 31.1 Å². The van der Waals surface area contributed by atoms with E-state index in [9.17, 15) is 9.59 Å². The highest BCUT2D eigenvalue weighted by molar-refractivity contribution is 5.95. The van der Waals surface area contributed by atoms with Crippen LogP contribution in [0.3, 0.4) is 0 Å². The third-order valence-electron chi connectivity index (χ3n) is 4.50.